The maximum atomic E-state index is 16.0. The number of likely N-dealkylation sites (N-methyl/N-ethyl adjacent to an activating group) is 1. The van der Waals surface area contributed by atoms with Crippen LogP contribution in [0.3, 0.4) is 0 Å². The third-order valence-electron chi connectivity index (χ3n) is 8.91. The number of benzene rings is 2. The fourth-order valence-corrected chi connectivity index (χ4v) is 8.09. The maximum absolute atomic E-state index is 16.0. The number of phenolic OH excluding ortho intramolecular Hbond substituents is 1. The molecule has 2 saturated carbocycles. The molecule has 2 unspecified atom stereocenters. The molecule has 4 N–H and O–H groups in total. The molecular weight excluding hydrogens is 585 g/mol. The summed E-state index contributed by atoms with van der Waals surface area (Å²) in [5.74, 6) is -13.6. The summed E-state index contributed by atoms with van der Waals surface area (Å²) in [6.07, 6.45) is -0.523. The SMILES string of the molecule is CN(C)[C@@H]1C(=O)C(C(N)=O)C(=O)[C@@]2(O)C(=O)C3C(=O)c4c(O)cc(CN(C)S(=O)(=O)c5ccccc5)c(F)c4C[C@H]3C[C@@H]12. The largest absolute Gasteiger partial charge is 0.507 e. The van der Waals surface area contributed by atoms with Gasteiger partial charge < -0.3 is 15.9 Å². The maximum Gasteiger partial charge on any atom is 0.243 e. The minimum absolute atomic E-state index is 0.0306. The van der Waals surface area contributed by atoms with E-state index >= 15 is 4.39 Å². The number of rotatable bonds is 6. The van der Waals surface area contributed by atoms with Gasteiger partial charge in [-0.15, -0.1) is 0 Å². The van der Waals surface area contributed by atoms with Crippen molar-refractivity contribution in [3.8, 4) is 5.75 Å². The molecule has 0 saturated heterocycles. The van der Waals surface area contributed by atoms with Gasteiger partial charge in [-0.05, 0) is 51.1 Å². The molecule has 2 aromatic carbocycles. The van der Waals surface area contributed by atoms with Crippen molar-refractivity contribution < 1.29 is 47.0 Å². The number of nitrogens with two attached hydrogens (primary N) is 1. The highest BCUT2D eigenvalue weighted by atomic mass is 32.2. The van der Waals surface area contributed by atoms with Gasteiger partial charge in [-0.1, -0.05) is 18.2 Å². The molecular formula is C29H30FN3O9S. The van der Waals surface area contributed by atoms with E-state index in [4.69, 9.17) is 5.73 Å². The van der Waals surface area contributed by atoms with E-state index in [9.17, 15) is 42.6 Å². The van der Waals surface area contributed by atoms with Gasteiger partial charge in [0.15, 0.2) is 34.7 Å². The molecule has 3 aliphatic rings. The van der Waals surface area contributed by atoms with Gasteiger partial charge in [-0.3, -0.25) is 28.9 Å². The monoisotopic (exact) mass is 615 g/mol. The summed E-state index contributed by atoms with van der Waals surface area (Å²) >= 11 is 0. The van der Waals surface area contributed by atoms with Gasteiger partial charge in [-0.25, -0.2) is 12.8 Å². The summed E-state index contributed by atoms with van der Waals surface area (Å²) in [4.78, 5) is 67.4. The molecule has 0 aliphatic heterocycles. The number of halogens is 1. The first-order chi connectivity index (χ1) is 20.0. The number of phenols is 1. The predicted octanol–water partition coefficient (Wildman–Crippen LogP) is -0.173. The average molecular weight is 616 g/mol. The van der Waals surface area contributed by atoms with E-state index in [0.29, 0.717) is 0 Å². The Hall–Kier alpha value is -3.85. The molecule has 2 aromatic rings. The minimum Gasteiger partial charge on any atom is -0.507 e. The summed E-state index contributed by atoms with van der Waals surface area (Å²) < 4.78 is 42.9. The number of primary amides is 1. The highest BCUT2D eigenvalue weighted by Gasteiger charge is 2.69. The number of carbonyl (C=O) groups is 5. The number of hydrogen-bond acceptors (Lipinski definition) is 10. The first-order valence-electron chi connectivity index (χ1n) is 13.4. The molecule has 0 aromatic heterocycles. The van der Waals surface area contributed by atoms with Gasteiger partial charge >= 0.3 is 0 Å². The Morgan fingerprint density at radius 2 is 1.72 bits per heavy atom. The summed E-state index contributed by atoms with van der Waals surface area (Å²) in [7, 11) is 0.112. The van der Waals surface area contributed by atoms with Crippen molar-refractivity contribution in [3.05, 3.63) is 58.9 Å². The molecule has 6 atom stereocenters. The van der Waals surface area contributed by atoms with Crippen molar-refractivity contribution in [2.24, 2.45) is 29.4 Å². The normalized spacial score (nSPS) is 29.0. The van der Waals surface area contributed by atoms with Crippen molar-refractivity contribution in [2.45, 2.75) is 35.9 Å². The van der Waals surface area contributed by atoms with Gasteiger partial charge in [0.25, 0.3) is 0 Å². The lowest BCUT2D eigenvalue weighted by atomic mass is 9.52. The third-order valence-corrected chi connectivity index (χ3v) is 10.7. The van der Waals surface area contributed by atoms with Gasteiger partial charge in [0.2, 0.25) is 15.9 Å². The lowest BCUT2D eigenvalue weighted by Crippen LogP contribution is -2.74. The number of nitrogens with zero attached hydrogens (tertiary/aromatic N) is 2. The van der Waals surface area contributed by atoms with Crippen molar-refractivity contribution in [1.82, 2.24) is 9.21 Å². The second-order valence-corrected chi connectivity index (χ2v) is 13.6. The summed E-state index contributed by atoms with van der Waals surface area (Å²) in [5, 5.41) is 22.4. The fraction of sp³-hybridized carbons (Fsp3) is 0.414. The Morgan fingerprint density at radius 3 is 2.30 bits per heavy atom. The number of hydrogen-bond donors (Lipinski definition) is 3. The molecule has 228 valence electrons. The van der Waals surface area contributed by atoms with E-state index in [-0.39, 0.29) is 28.9 Å². The van der Waals surface area contributed by atoms with E-state index in [1.54, 1.807) is 6.07 Å². The number of ketones is 4. The Labute approximate surface area is 246 Å². The van der Waals surface area contributed by atoms with E-state index < -0.39 is 98.1 Å². The number of sulfonamides is 1. The zero-order valence-electron chi connectivity index (χ0n) is 23.5. The van der Waals surface area contributed by atoms with Crippen LogP contribution in [-0.4, -0.2) is 89.7 Å². The van der Waals surface area contributed by atoms with Crippen LogP contribution in [0, 0.1) is 29.5 Å². The molecule has 43 heavy (non-hydrogen) atoms. The summed E-state index contributed by atoms with van der Waals surface area (Å²) in [6.45, 7) is -0.492. The van der Waals surface area contributed by atoms with E-state index in [0.717, 1.165) is 10.4 Å². The molecule has 3 aliphatic carbocycles. The third kappa shape index (κ3) is 4.42. The van der Waals surface area contributed by atoms with E-state index in [1.807, 2.05) is 0 Å². The highest BCUT2D eigenvalue weighted by molar-refractivity contribution is 7.89. The van der Waals surface area contributed by atoms with Crippen LogP contribution >= 0.6 is 0 Å². The minimum atomic E-state index is -4.04. The number of amides is 1. The molecule has 0 spiro atoms. The predicted molar refractivity (Wildman–Crippen MR) is 146 cm³/mol. The lowest BCUT2D eigenvalue weighted by molar-refractivity contribution is -0.181. The smallest absolute Gasteiger partial charge is 0.243 e. The first kappa shape index (κ1) is 30.6. The molecule has 12 nitrogen and oxygen atoms in total. The van der Waals surface area contributed by atoms with Crippen molar-refractivity contribution in [1.29, 1.82) is 0 Å². The number of aromatic hydroxyl groups is 1. The van der Waals surface area contributed by atoms with Crippen LogP contribution < -0.4 is 5.73 Å². The van der Waals surface area contributed by atoms with Gasteiger partial charge in [0.05, 0.1) is 22.4 Å². The molecule has 2 fully saturated rings. The second-order valence-electron chi connectivity index (χ2n) is 11.6. The van der Waals surface area contributed by atoms with Crippen LogP contribution in [0.15, 0.2) is 41.3 Å². The van der Waals surface area contributed by atoms with Gasteiger partial charge in [-0.2, -0.15) is 4.31 Å². The van der Waals surface area contributed by atoms with E-state index in [1.165, 1.54) is 50.3 Å². The number of aliphatic hydroxyl groups is 1. The number of carbonyl (C=O) groups excluding carboxylic acids is 5. The second kappa shape index (κ2) is 10.4. The quantitative estimate of drug-likeness (QED) is 0.368. The zero-order valence-corrected chi connectivity index (χ0v) is 24.3. The van der Waals surface area contributed by atoms with Crippen LogP contribution in [0.5, 0.6) is 5.75 Å². The first-order valence-corrected chi connectivity index (χ1v) is 14.9. The van der Waals surface area contributed by atoms with Crippen LogP contribution in [0.2, 0.25) is 0 Å². The van der Waals surface area contributed by atoms with Crippen LogP contribution in [0.4, 0.5) is 4.39 Å². The van der Waals surface area contributed by atoms with Crippen molar-refractivity contribution >= 4 is 39.1 Å². The molecule has 0 heterocycles. The van der Waals surface area contributed by atoms with Crippen LogP contribution in [0.1, 0.15) is 27.9 Å². The molecule has 1 amide bonds. The van der Waals surface area contributed by atoms with Crippen LogP contribution in [-0.2, 0) is 42.2 Å². The number of Topliss-reactive ketones (excluding diaryl/α,β-unsaturated/α-hetero) is 4. The van der Waals surface area contributed by atoms with Crippen molar-refractivity contribution in [3.63, 3.8) is 0 Å². The van der Waals surface area contributed by atoms with Gasteiger partial charge in [0.1, 0.15) is 11.6 Å². The summed E-state index contributed by atoms with van der Waals surface area (Å²) in [5.41, 5.74) is 1.44. The highest BCUT2D eigenvalue weighted by Crippen LogP contribution is 2.51. The molecule has 5 rings (SSSR count). The Kier molecular flexibility index (Phi) is 7.40. The average Bonchev–Trinajstić information content (AvgIpc) is 2.93. The zero-order chi connectivity index (χ0) is 31.8. The Bertz CT molecular complexity index is 1690. The van der Waals surface area contributed by atoms with Crippen molar-refractivity contribution in [2.75, 3.05) is 21.1 Å². The standard InChI is InChI=1S/C29H30FN3O9S/c1-32(2)23-17-10-13-9-16-20(24(35)19(13)26(37)29(17,40)27(38)21(25(23)36)28(31)39)18(34)11-14(22(16)30)12-33(3)43(41,42)15-7-5-4-6-8-15/h4-8,11,13,17,19,21,23,34,40H,9-10,12H2,1-3H3,(H2,31,39)/t13-,17-,19?,21?,23-,29-/m0/s1. The topological polar surface area (TPSA) is 192 Å². The molecule has 14 heteroatoms. The van der Waals surface area contributed by atoms with E-state index in [2.05, 4.69) is 0 Å². The van der Waals surface area contributed by atoms with Crippen LogP contribution in [0.25, 0.3) is 0 Å². The summed E-state index contributed by atoms with van der Waals surface area (Å²) in [6, 6.07) is 7.07. The van der Waals surface area contributed by atoms with Gasteiger partial charge in [0, 0.05) is 30.6 Å². The Balaban J connectivity index is 1.55. The Morgan fingerprint density at radius 1 is 1.09 bits per heavy atom. The molecule has 0 bridgehead atoms. The lowest BCUT2D eigenvalue weighted by Gasteiger charge is -2.52. The fourth-order valence-electron chi connectivity index (χ4n) is 6.92. The molecule has 0 radical (unpaired) electrons. The number of fused-ring (bicyclic) bond motifs is 3.